The first-order chi connectivity index (χ1) is 16.8. The molecule has 3 unspecified atom stereocenters. The zero-order valence-corrected chi connectivity index (χ0v) is 20.5. The van der Waals surface area contributed by atoms with Crippen molar-refractivity contribution >= 4 is 17.7 Å². The van der Waals surface area contributed by atoms with Gasteiger partial charge in [-0.1, -0.05) is 42.0 Å². The predicted molar refractivity (Wildman–Crippen MR) is 130 cm³/mol. The second-order valence-electron chi connectivity index (χ2n) is 8.84. The largest absolute Gasteiger partial charge is 0.497 e. The van der Waals surface area contributed by atoms with Gasteiger partial charge in [-0.2, -0.15) is 0 Å². The van der Waals surface area contributed by atoms with Crippen LogP contribution in [0.15, 0.2) is 71.1 Å². The highest BCUT2D eigenvalue weighted by Crippen LogP contribution is 2.48. The Morgan fingerprint density at radius 1 is 0.886 bits per heavy atom. The maximum absolute atomic E-state index is 14.1. The summed E-state index contributed by atoms with van der Waals surface area (Å²) < 4.78 is 15.4. The number of methoxy groups -OCH3 is 3. The standard InChI is InChI=1S/C28H29NO6/c1-15-6-8-18(9-7-15)23-22(27(31)34-4)16(2)29-21-14-20(17-10-12-19(33-3)13-11-17)24(28(32)35-5)26(30)25(21)23/h6-13,20,23-24,29H,14H2,1-5H3. The number of ether oxygens (including phenoxy) is 3. The summed E-state index contributed by atoms with van der Waals surface area (Å²) in [5.41, 5.74) is 4.75. The SMILES string of the molecule is COC(=O)C1=C(C)NC2=C(C(=O)C(C(=O)OC)C(c3ccc(OC)cc3)C2)C1c1ccc(C)cc1. The minimum atomic E-state index is -1.04. The number of ketones is 1. The third-order valence-electron chi connectivity index (χ3n) is 6.83. The van der Waals surface area contributed by atoms with E-state index in [9.17, 15) is 14.4 Å². The number of esters is 2. The van der Waals surface area contributed by atoms with E-state index in [1.54, 1.807) is 14.0 Å². The molecule has 0 saturated heterocycles. The van der Waals surface area contributed by atoms with Crippen molar-refractivity contribution in [2.24, 2.45) is 5.92 Å². The first-order valence-corrected chi connectivity index (χ1v) is 11.4. The first-order valence-electron chi connectivity index (χ1n) is 11.4. The topological polar surface area (TPSA) is 90.9 Å². The molecule has 0 saturated carbocycles. The van der Waals surface area contributed by atoms with Gasteiger partial charge >= 0.3 is 11.9 Å². The third-order valence-corrected chi connectivity index (χ3v) is 6.83. The average Bonchev–Trinajstić information content (AvgIpc) is 2.87. The van der Waals surface area contributed by atoms with Crippen LogP contribution in [-0.4, -0.2) is 39.1 Å². The van der Waals surface area contributed by atoms with E-state index in [0.29, 0.717) is 34.7 Å². The van der Waals surface area contributed by atoms with Crippen molar-refractivity contribution in [3.05, 3.63) is 87.8 Å². The molecule has 2 aromatic rings. The number of Topliss-reactive ketones (excluding diaryl/α,β-unsaturated/α-hetero) is 1. The summed E-state index contributed by atoms with van der Waals surface area (Å²) in [6.45, 7) is 3.77. The molecule has 7 heteroatoms. The Hall–Kier alpha value is -3.87. The van der Waals surface area contributed by atoms with Gasteiger partial charge in [-0.25, -0.2) is 4.79 Å². The summed E-state index contributed by atoms with van der Waals surface area (Å²) in [5, 5.41) is 3.29. The van der Waals surface area contributed by atoms with E-state index in [-0.39, 0.29) is 5.78 Å². The van der Waals surface area contributed by atoms with Crippen molar-refractivity contribution in [1.29, 1.82) is 0 Å². The smallest absolute Gasteiger partial charge is 0.336 e. The van der Waals surface area contributed by atoms with Crippen LogP contribution < -0.4 is 10.1 Å². The highest BCUT2D eigenvalue weighted by molar-refractivity contribution is 6.13. The molecular formula is C28H29NO6. The van der Waals surface area contributed by atoms with Gasteiger partial charge in [-0.05, 0) is 43.5 Å². The van der Waals surface area contributed by atoms with E-state index in [1.165, 1.54) is 14.2 Å². The quantitative estimate of drug-likeness (QED) is 0.517. The van der Waals surface area contributed by atoms with Crippen molar-refractivity contribution in [2.75, 3.05) is 21.3 Å². The van der Waals surface area contributed by atoms with Crippen LogP contribution in [0, 0.1) is 12.8 Å². The first kappa shape index (κ1) is 24.3. The molecule has 1 aliphatic carbocycles. The molecule has 35 heavy (non-hydrogen) atoms. The van der Waals surface area contributed by atoms with Crippen LogP contribution in [-0.2, 0) is 23.9 Å². The summed E-state index contributed by atoms with van der Waals surface area (Å²) >= 11 is 0. The molecule has 0 spiro atoms. The van der Waals surface area contributed by atoms with Crippen LogP contribution in [0.1, 0.15) is 41.9 Å². The molecule has 4 rings (SSSR count). The molecule has 182 valence electrons. The fourth-order valence-electron chi connectivity index (χ4n) is 5.07. The lowest BCUT2D eigenvalue weighted by Crippen LogP contribution is -2.43. The van der Waals surface area contributed by atoms with Gasteiger partial charge < -0.3 is 19.5 Å². The summed E-state index contributed by atoms with van der Waals surface area (Å²) in [5.74, 6) is -2.93. The lowest BCUT2D eigenvalue weighted by molar-refractivity contribution is -0.150. The highest BCUT2D eigenvalue weighted by atomic mass is 16.5. The molecule has 0 bridgehead atoms. The molecule has 2 aliphatic rings. The number of hydrogen-bond acceptors (Lipinski definition) is 7. The van der Waals surface area contributed by atoms with E-state index >= 15 is 0 Å². The van der Waals surface area contributed by atoms with Gasteiger partial charge in [-0.3, -0.25) is 9.59 Å². The molecule has 7 nitrogen and oxygen atoms in total. The third kappa shape index (κ3) is 4.34. The zero-order valence-electron chi connectivity index (χ0n) is 20.5. The number of carbonyl (C=O) groups is 3. The predicted octanol–water partition coefficient (Wildman–Crippen LogP) is 3.94. The van der Waals surface area contributed by atoms with E-state index in [2.05, 4.69) is 5.32 Å². The number of benzene rings is 2. The number of hydrogen-bond donors (Lipinski definition) is 1. The number of rotatable bonds is 5. The summed E-state index contributed by atoms with van der Waals surface area (Å²) in [6.07, 6.45) is 0.404. The molecule has 1 N–H and O–H groups in total. The lowest BCUT2D eigenvalue weighted by Gasteiger charge is -2.39. The minimum Gasteiger partial charge on any atom is -0.497 e. The Kier molecular flexibility index (Phi) is 6.78. The van der Waals surface area contributed by atoms with E-state index < -0.39 is 29.7 Å². The van der Waals surface area contributed by atoms with E-state index in [0.717, 1.165) is 16.7 Å². The normalized spacial score (nSPS) is 21.7. The van der Waals surface area contributed by atoms with Gasteiger partial charge in [0.05, 0.1) is 26.9 Å². The van der Waals surface area contributed by atoms with Crippen LogP contribution in [0.25, 0.3) is 0 Å². The van der Waals surface area contributed by atoms with Crippen molar-refractivity contribution in [1.82, 2.24) is 5.32 Å². The average molecular weight is 476 g/mol. The molecule has 0 fully saturated rings. The number of carbonyl (C=O) groups excluding carboxylic acids is 3. The molecule has 0 amide bonds. The molecule has 1 aliphatic heterocycles. The van der Waals surface area contributed by atoms with E-state index in [1.807, 2.05) is 55.5 Å². The van der Waals surface area contributed by atoms with Gasteiger partial charge in [-0.15, -0.1) is 0 Å². The Bertz CT molecular complexity index is 1220. The van der Waals surface area contributed by atoms with Crippen LogP contribution in [0.2, 0.25) is 0 Å². The lowest BCUT2D eigenvalue weighted by atomic mass is 9.67. The van der Waals surface area contributed by atoms with Gasteiger partial charge in [0, 0.05) is 28.8 Å². The summed E-state index contributed by atoms with van der Waals surface area (Å²) in [6, 6.07) is 15.0. The Morgan fingerprint density at radius 3 is 2.09 bits per heavy atom. The summed E-state index contributed by atoms with van der Waals surface area (Å²) in [7, 11) is 4.18. The maximum atomic E-state index is 14.1. The number of allylic oxidation sites excluding steroid dienone is 3. The molecule has 2 aromatic carbocycles. The van der Waals surface area contributed by atoms with Gasteiger partial charge in [0.1, 0.15) is 11.7 Å². The van der Waals surface area contributed by atoms with Gasteiger partial charge in [0.2, 0.25) is 0 Å². The molecule has 3 atom stereocenters. The Labute approximate surface area is 204 Å². The fourth-order valence-corrected chi connectivity index (χ4v) is 5.07. The van der Waals surface area contributed by atoms with Crippen LogP contribution in [0.3, 0.4) is 0 Å². The van der Waals surface area contributed by atoms with Crippen LogP contribution in [0.4, 0.5) is 0 Å². The zero-order chi connectivity index (χ0) is 25.3. The van der Waals surface area contributed by atoms with E-state index in [4.69, 9.17) is 14.2 Å². The van der Waals surface area contributed by atoms with Gasteiger partial charge in [0.25, 0.3) is 0 Å². The molecule has 0 radical (unpaired) electrons. The van der Waals surface area contributed by atoms with Crippen LogP contribution >= 0.6 is 0 Å². The number of aryl methyl sites for hydroxylation is 1. The van der Waals surface area contributed by atoms with Crippen molar-refractivity contribution < 1.29 is 28.6 Å². The maximum Gasteiger partial charge on any atom is 0.336 e. The number of nitrogens with one attached hydrogen (secondary N) is 1. The number of dihydropyridines is 1. The fraction of sp³-hybridized carbons (Fsp3) is 0.321. The monoisotopic (exact) mass is 475 g/mol. The second kappa shape index (κ2) is 9.78. The van der Waals surface area contributed by atoms with Crippen LogP contribution in [0.5, 0.6) is 5.75 Å². The summed E-state index contributed by atoms with van der Waals surface area (Å²) in [4.78, 5) is 39.9. The van der Waals surface area contributed by atoms with Crippen molar-refractivity contribution in [3.63, 3.8) is 0 Å². The Morgan fingerprint density at radius 2 is 1.51 bits per heavy atom. The highest BCUT2D eigenvalue weighted by Gasteiger charge is 2.48. The van der Waals surface area contributed by atoms with Gasteiger partial charge in [0.15, 0.2) is 5.78 Å². The second-order valence-corrected chi connectivity index (χ2v) is 8.84. The minimum absolute atomic E-state index is 0.356. The van der Waals surface area contributed by atoms with Crippen molar-refractivity contribution in [2.45, 2.75) is 32.1 Å². The molecule has 0 aromatic heterocycles. The molecular weight excluding hydrogens is 446 g/mol. The molecule has 1 heterocycles. The Balaban J connectivity index is 1.88. The van der Waals surface area contributed by atoms with Crippen molar-refractivity contribution in [3.8, 4) is 5.75 Å².